The van der Waals surface area contributed by atoms with Crippen molar-refractivity contribution in [1.82, 2.24) is 0 Å². The second-order valence-corrected chi connectivity index (χ2v) is 3.35. The van der Waals surface area contributed by atoms with Crippen LogP contribution >= 0.6 is 0 Å². The number of hydrogen-bond donors (Lipinski definition) is 0. The van der Waals surface area contributed by atoms with Gasteiger partial charge in [-0.3, -0.25) is 0 Å². The van der Waals surface area contributed by atoms with Crippen molar-refractivity contribution < 1.29 is 0 Å². The maximum atomic E-state index is 2.21. The maximum Gasteiger partial charge on any atom is -0.0538 e. The molecule has 0 nitrogen and oxygen atoms in total. The maximum absolute atomic E-state index is 2.21. The van der Waals surface area contributed by atoms with Crippen LogP contribution in [-0.4, -0.2) is 0 Å². The molecule has 14 heavy (non-hydrogen) atoms. The highest BCUT2D eigenvalue weighted by atomic mass is 13.7. The fourth-order valence-electron chi connectivity index (χ4n) is 0.354. The molecule has 0 fully saturated rings. The van der Waals surface area contributed by atoms with Gasteiger partial charge in [-0.15, -0.1) is 0 Å². The van der Waals surface area contributed by atoms with Gasteiger partial charge in [-0.2, -0.15) is 0 Å². The fourth-order valence-corrected chi connectivity index (χ4v) is 0.354. The minimum atomic E-state index is 0. The molecule has 0 aliphatic rings. The molecule has 0 aromatic carbocycles. The predicted molar refractivity (Wildman–Crippen MR) is 73.1 cm³/mol. The standard InChI is InChI=1S/C5H12.2C4H10.CH4/c1-3-5-4-2;2*1-3-4-2;/h3-5H2,1-2H3;2*3-4H2,1-2H3;1H4. The minimum Gasteiger partial charge on any atom is -0.0776 e. The molecule has 0 spiro atoms. The number of hydrogen-bond acceptors (Lipinski definition) is 0. The van der Waals surface area contributed by atoms with Crippen LogP contribution in [0.3, 0.4) is 0 Å². The van der Waals surface area contributed by atoms with E-state index >= 15 is 0 Å². The average molecular weight is 204 g/mol. The zero-order chi connectivity index (χ0) is 10.9. The van der Waals surface area contributed by atoms with Crippen LogP contribution in [0.25, 0.3) is 0 Å². The van der Waals surface area contributed by atoms with Gasteiger partial charge in [0.2, 0.25) is 0 Å². The van der Waals surface area contributed by atoms with Crippen molar-refractivity contribution in [1.29, 1.82) is 0 Å². The normalized spacial score (nSPS) is 7.29. The van der Waals surface area contributed by atoms with E-state index in [9.17, 15) is 0 Å². The predicted octanol–water partition coefficient (Wildman–Crippen LogP) is 6.45. The molecule has 0 amide bonds. The van der Waals surface area contributed by atoms with E-state index in [-0.39, 0.29) is 7.43 Å². The summed E-state index contributed by atoms with van der Waals surface area (Å²) in [6.45, 7) is 13.1. The van der Waals surface area contributed by atoms with Crippen LogP contribution in [0.4, 0.5) is 0 Å². The first-order valence-corrected chi connectivity index (χ1v) is 6.24. The van der Waals surface area contributed by atoms with E-state index in [4.69, 9.17) is 0 Å². The van der Waals surface area contributed by atoms with Crippen LogP contribution in [0.2, 0.25) is 0 Å². The van der Waals surface area contributed by atoms with E-state index in [2.05, 4.69) is 41.5 Å². The zero-order valence-corrected chi connectivity index (χ0v) is 10.9. The summed E-state index contributed by atoms with van der Waals surface area (Å²) in [6, 6.07) is 0. The Morgan fingerprint density at radius 2 is 0.643 bits per heavy atom. The molecule has 0 unspecified atom stereocenters. The van der Waals surface area contributed by atoms with E-state index in [1.165, 1.54) is 44.9 Å². The van der Waals surface area contributed by atoms with E-state index in [0.717, 1.165) is 0 Å². The van der Waals surface area contributed by atoms with E-state index in [1.807, 2.05) is 0 Å². The van der Waals surface area contributed by atoms with E-state index in [0.29, 0.717) is 0 Å². The van der Waals surface area contributed by atoms with Crippen molar-refractivity contribution >= 4 is 0 Å². The molecule has 0 aromatic heterocycles. The molecule has 0 radical (unpaired) electrons. The summed E-state index contributed by atoms with van der Waals surface area (Å²) in [4.78, 5) is 0. The van der Waals surface area contributed by atoms with Gasteiger partial charge in [-0.05, 0) is 0 Å². The van der Waals surface area contributed by atoms with Crippen LogP contribution in [-0.2, 0) is 0 Å². The third-order valence-electron chi connectivity index (χ3n) is 1.71. The lowest BCUT2D eigenvalue weighted by molar-refractivity contribution is 0.772. The van der Waals surface area contributed by atoms with Crippen LogP contribution in [0, 0.1) is 0 Å². The fraction of sp³-hybridized carbons (Fsp3) is 1.00. The molecule has 0 aromatic rings. The molecule has 0 saturated carbocycles. The van der Waals surface area contributed by atoms with Crippen molar-refractivity contribution in [2.24, 2.45) is 0 Å². The first-order chi connectivity index (χ1) is 6.24. The monoisotopic (exact) mass is 204 g/mol. The van der Waals surface area contributed by atoms with Crippen LogP contribution in [0.1, 0.15) is 93.9 Å². The summed E-state index contributed by atoms with van der Waals surface area (Å²) in [6.07, 6.45) is 9.35. The van der Waals surface area contributed by atoms with Gasteiger partial charge in [-0.1, -0.05) is 93.9 Å². The molecule has 0 bridgehead atoms. The van der Waals surface area contributed by atoms with Gasteiger partial charge in [-0.25, -0.2) is 0 Å². The Kier molecular flexibility index (Phi) is 64.6. The van der Waals surface area contributed by atoms with E-state index in [1.54, 1.807) is 0 Å². The summed E-state index contributed by atoms with van der Waals surface area (Å²) in [5, 5.41) is 0. The van der Waals surface area contributed by atoms with Gasteiger partial charge in [0.25, 0.3) is 0 Å². The zero-order valence-electron chi connectivity index (χ0n) is 10.9. The Morgan fingerprint density at radius 1 is 0.429 bits per heavy atom. The largest absolute Gasteiger partial charge is 0.0776 e. The van der Waals surface area contributed by atoms with Gasteiger partial charge >= 0.3 is 0 Å². The van der Waals surface area contributed by atoms with Crippen molar-refractivity contribution in [3.63, 3.8) is 0 Å². The summed E-state index contributed by atoms with van der Waals surface area (Å²) in [5.41, 5.74) is 0. The molecular weight excluding hydrogens is 168 g/mol. The number of unbranched alkanes of at least 4 members (excludes halogenated alkanes) is 4. The average Bonchev–Trinajstić information content (AvgIpc) is 2.20. The highest BCUT2D eigenvalue weighted by Gasteiger charge is 1.68. The molecule has 92 valence electrons. The Bertz CT molecular complexity index is 29.3. The molecule has 0 saturated heterocycles. The van der Waals surface area contributed by atoms with Crippen molar-refractivity contribution in [2.45, 2.75) is 93.9 Å². The third-order valence-corrected chi connectivity index (χ3v) is 1.71. The Hall–Kier alpha value is 0. The number of rotatable bonds is 4. The van der Waals surface area contributed by atoms with Gasteiger partial charge in [0.05, 0.1) is 0 Å². The van der Waals surface area contributed by atoms with Crippen molar-refractivity contribution in [2.75, 3.05) is 0 Å². The minimum absolute atomic E-state index is 0. The second-order valence-electron chi connectivity index (χ2n) is 3.35. The SMILES string of the molecule is C.CCCC.CCCC.CCCCC. The summed E-state index contributed by atoms with van der Waals surface area (Å²) < 4.78 is 0. The molecule has 0 heteroatoms. The highest BCUT2D eigenvalue weighted by Crippen LogP contribution is 1.88. The van der Waals surface area contributed by atoms with Crippen LogP contribution < -0.4 is 0 Å². The second kappa shape index (κ2) is 38.2. The quantitative estimate of drug-likeness (QED) is 0.494. The molecule has 0 rings (SSSR count). The Morgan fingerprint density at radius 3 is 0.643 bits per heavy atom. The summed E-state index contributed by atoms with van der Waals surface area (Å²) >= 11 is 0. The van der Waals surface area contributed by atoms with Crippen molar-refractivity contribution in [3.8, 4) is 0 Å². The van der Waals surface area contributed by atoms with Gasteiger partial charge in [0.15, 0.2) is 0 Å². The van der Waals surface area contributed by atoms with E-state index < -0.39 is 0 Å². The molecule has 0 aliphatic carbocycles. The molecular formula is C14H36. The smallest absolute Gasteiger partial charge is 0.0538 e. The van der Waals surface area contributed by atoms with Gasteiger partial charge in [0.1, 0.15) is 0 Å². The van der Waals surface area contributed by atoms with Crippen molar-refractivity contribution in [3.05, 3.63) is 0 Å². The van der Waals surface area contributed by atoms with Gasteiger partial charge < -0.3 is 0 Å². The lowest BCUT2D eigenvalue weighted by Crippen LogP contribution is -1.59. The Balaban J connectivity index is -0.0000000522. The lowest BCUT2D eigenvalue weighted by Gasteiger charge is -1.79. The van der Waals surface area contributed by atoms with Gasteiger partial charge in [0, 0.05) is 0 Å². The molecule has 0 N–H and O–H groups in total. The first kappa shape index (κ1) is 23.7. The molecule has 0 atom stereocenters. The van der Waals surface area contributed by atoms with Crippen LogP contribution in [0.15, 0.2) is 0 Å². The molecule has 0 aliphatic heterocycles. The topological polar surface area (TPSA) is 0 Å². The highest BCUT2D eigenvalue weighted by molar-refractivity contribution is 4.24. The van der Waals surface area contributed by atoms with Crippen LogP contribution in [0.5, 0.6) is 0 Å². The third kappa shape index (κ3) is 90.8. The lowest BCUT2D eigenvalue weighted by atomic mass is 10.3. The first-order valence-electron chi connectivity index (χ1n) is 6.24. The Labute approximate surface area is 94.5 Å². The summed E-state index contributed by atoms with van der Waals surface area (Å²) in [7, 11) is 0. The molecule has 0 heterocycles. The summed E-state index contributed by atoms with van der Waals surface area (Å²) in [5.74, 6) is 0.